The summed E-state index contributed by atoms with van der Waals surface area (Å²) in [4.78, 5) is 10.5. The summed E-state index contributed by atoms with van der Waals surface area (Å²) < 4.78 is 0. The van der Waals surface area contributed by atoms with E-state index in [0.29, 0.717) is 11.3 Å². The summed E-state index contributed by atoms with van der Waals surface area (Å²) in [7, 11) is 0. The molecular weight excluding hydrogens is 224 g/mol. The summed E-state index contributed by atoms with van der Waals surface area (Å²) in [6, 6.07) is 2.47. The number of likely N-dealkylation sites (tertiary alicyclic amines) is 1. The molecule has 0 aromatic carbocycles. The first kappa shape index (κ1) is 11.6. The van der Waals surface area contributed by atoms with Gasteiger partial charge in [-0.1, -0.05) is 6.92 Å². The van der Waals surface area contributed by atoms with Crippen LogP contribution in [0.25, 0.3) is 0 Å². The van der Waals surface area contributed by atoms with Gasteiger partial charge in [0.15, 0.2) is 0 Å². The van der Waals surface area contributed by atoms with Crippen LogP contribution < -0.4 is 5.32 Å². The van der Waals surface area contributed by atoms with Crippen LogP contribution in [0.5, 0.6) is 0 Å². The van der Waals surface area contributed by atoms with Gasteiger partial charge in [-0.05, 0) is 43.6 Å². The average molecular weight is 241 g/mol. The second-order valence-electron chi connectivity index (χ2n) is 4.02. The van der Waals surface area contributed by atoms with E-state index in [1.54, 1.807) is 6.20 Å². The quantitative estimate of drug-likeness (QED) is 0.818. The maximum Gasteiger partial charge on any atom is 0.224 e. The van der Waals surface area contributed by atoms with Gasteiger partial charge in [-0.15, -0.1) is 0 Å². The van der Waals surface area contributed by atoms with Crippen LogP contribution in [0, 0.1) is 0 Å². The Hall–Kier alpha value is -0.870. The fraction of sp³-hybridized carbons (Fsp3) is 0.636. The number of nitrogens with zero attached hydrogens (tertiary/aromatic N) is 3. The number of aromatic nitrogens is 2. The fourth-order valence-electron chi connectivity index (χ4n) is 2.20. The first-order valence-electron chi connectivity index (χ1n) is 5.76. The second-order valence-corrected chi connectivity index (χ2v) is 4.35. The number of nitrogens with one attached hydrogen (secondary N) is 1. The van der Waals surface area contributed by atoms with Crippen molar-refractivity contribution in [1.82, 2.24) is 14.9 Å². The molecule has 2 heterocycles. The van der Waals surface area contributed by atoms with E-state index in [-0.39, 0.29) is 0 Å². The molecule has 0 unspecified atom stereocenters. The highest BCUT2D eigenvalue weighted by atomic mass is 35.5. The van der Waals surface area contributed by atoms with Crippen molar-refractivity contribution in [3.05, 3.63) is 17.5 Å². The maximum atomic E-state index is 5.72. The molecule has 1 aromatic rings. The molecule has 88 valence electrons. The zero-order valence-corrected chi connectivity index (χ0v) is 10.2. The first-order chi connectivity index (χ1) is 7.79. The molecule has 1 N–H and O–H groups in total. The molecule has 4 nitrogen and oxygen atoms in total. The van der Waals surface area contributed by atoms with Gasteiger partial charge in [0.05, 0.1) is 0 Å². The van der Waals surface area contributed by atoms with Crippen LogP contribution in [0.3, 0.4) is 0 Å². The van der Waals surface area contributed by atoms with Crippen molar-refractivity contribution in [2.24, 2.45) is 0 Å². The summed E-state index contributed by atoms with van der Waals surface area (Å²) in [5.74, 6) is 0.808. The molecule has 2 rings (SSSR count). The molecule has 1 saturated heterocycles. The number of rotatable bonds is 4. The highest BCUT2D eigenvalue weighted by Gasteiger charge is 2.22. The largest absolute Gasteiger partial charge is 0.368 e. The molecule has 1 fully saturated rings. The predicted octanol–water partition coefficient (Wildman–Crippen LogP) is 2.03. The van der Waals surface area contributed by atoms with Crippen molar-refractivity contribution in [2.75, 3.05) is 25.0 Å². The van der Waals surface area contributed by atoms with Gasteiger partial charge >= 0.3 is 0 Å². The lowest BCUT2D eigenvalue weighted by Gasteiger charge is -2.23. The molecule has 1 aromatic heterocycles. The molecule has 0 saturated carbocycles. The number of hydrogen-bond donors (Lipinski definition) is 1. The third-order valence-electron chi connectivity index (χ3n) is 3.05. The normalized spacial score (nSPS) is 21.2. The van der Waals surface area contributed by atoms with Crippen LogP contribution in [-0.4, -0.2) is 40.5 Å². The standard InChI is InChI=1S/C11H17ClN4/c1-2-16-7-3-4-9(16)8-14-10-5-6-13-11(12)15-10/h5-6,9H,2-4,7-8H2,1H3,(H,13,14,15)/t9-/m1/s1. The van der Waals surface area contributed by atoms with Gasteiger partial charge in [0, 0.05) is 18.8 Å². The number of hydrogen-bond acceptors (Lipinski definition) is 4. The Morgan fingerprint density at radius 2 is 2.50 bits per heavy atom. The van der Waals surface area contributed by atoms with Gasteiger partial charge in [0.2, 0.25) is 5.28 Å². The molecule has 0 radical (unpaired) electrons. The van der Waals surface area contributed by atoms with E-state index in [4.69, 9.17) is 11.6 Å². The van der Waals surface area contributed by atoms with Crippen LogP contribution >= 0.6 is 11.6 Å². The van der Waals surface area contributed by atoms with Crippen molar-refractivity contribution < 1.29 is 0 Å². The van der Waals surface area contributed by atoms with E-state index in [1.165, 1.54) is 19.4 Å². The minimum Gasteiger partial charge on any atom is -0.368 e. The van der Waals surface area contributed by atoms with Gasteiger partial charge < -0.3 is 5.32 Å². The molecule has 16 heavy (non-hydrogen) atoms. The number of anilines is 1. The van der Waals surface area contributed by atoms with E-state index in [2.05, 4.69) is 27.1 Å². The molecule has 0 bridgehead atoms. The minimum atomic E-state index is 0.295. The predicted molar refractivity (Wildman–Crippen MR) is 65.8 cm³/mol. The molecule has 1 aliphatic rings. The van der Waals surface area contributed by atoms with Crippen LogP contribution in [0.1, 0.15) is 19.8 Å². The van der Waals surface area contributed by atoms with Gasteiger partial charge in [0.1, 0.15) is 5.82 Å². The molecule has 1 atom stereocenters. The Labute approximate surface area is 101 Å². The van der Waals surface area contributed by atoms with Gasteiger partial charge in [-0.2, -0.15) is 0 Å². The lowest BCUT2D eigenvalue weighted by Crippen LogP contribution is -2.34. The Morgan fingerprint density at radius 1 is 1.62 bits per heavy atom. The number of likely N-dealkylation sites (N-methyl/N-ethyl adjacent to an activating group) is 1. The van der Waals surface area contributed by atoms with Crippen molar-refractivity contribution in [3.8, 4) is 0 Å². The minimum absolute atomic E-state index is 0.295. The van der Waals surface area contributed by atoms with Crippen LogP contribution in [0.4, 0.5) is 5.82 Å². The average Bonchev–Trinajstić information content (AvgIpc) is 2.74. The van der Waals surface area contributed by atoms with E-state index in [0.717, 1.165) is 18.9 Å². The third-order valence-corrected chi connectivity index (χ3v) is 3.23. The van der Waals surface area contributed by atoms with E-state index in [1.807, 2.05) is 6.07 Å². The Morgan fingerprint density at radius 3 is 3.25 bits per heavy atom. The van der Waals surface area contributed by atoms with Gasteiger partial charge in [-0.25, -0.2) is 9.97 Å². The molecule has 0 aliphatic carbocycles. The third kappa shape index (κ3) is 2.83. The van der Waals surface area contributed by atoms with Crippen LogP contribution in [0.15, 0.2) is 12.3 Å². The summed E-state index contributed by atoms with van der Waals surface area (Å²) in [6.45, 7) is 5.48. The van der Waals surface area contributed by atoms with Crippen molar-refractivity contribution in [1.29, 1.82) is 0 Å². The maximum absolute atomic E-state index is 5.72. The van der Waals surface area contributed by atoms with Gasteiger partial charge in [-0.3, -0.25) is 4.90 Å². The number of halogens is 1. The van der Waals surface area contributed by atoms with E-state index >= 15 is 0 Å². The van der Waals surface area contributed by atoms with E-state index < -0.39 is 0 Å². The zero-order valence-electron chi connectivity index (χ0n) is 9.49. The lowest BCUT2D eigenvalue weighted by molar-refractivity contribution is 0.277. The SMILES string of the molecule is CCN1CCC[C@@H]1CNc1ccnc(Cl)n1. The molecule has 5 heteroatoms. The molecule has 0 amide bonds. The van der Waals surface area contributed by atoms with Crippen LogP contribution in [0.2, 0.25) is 5.28 Å². The molecule has 0 spiro atoms. The zero-order chi connectivity index (χ0) is 11.4. The van der Waals surface area contributed by atoms with E-state index in [9.17, 15) is 0 Å². The Bertz CT molecular complexity index is 345. The smallest absolute Gasteiger partial charge is 0.224 e. The monoisotopic (exact) mass is 240 g/mol. The first-order valence-corrected chi connectivity index (χ1v) is 6.14. The van der Waals surface area contributed by atoms with Gasteiger partial charge in [0.25, 0.3) is 0 Å². The van der Waals surface area contributed by atoms with Crippen LogP contribution in [-0.2, 0) is 0 Å². The second kappa shape index (κ2) is 5.46. The van der Waals surface area contributed by atoms with Crippen molar-refractivity contribution in [2.45, 2.75) is 25.8 Å². The van der Waals surface area contributed by atoms with Crippen molar-refractivity contribution in [3.63, 3.8) is 0 Å². The lowest BCUT2D eigenvalue weighted by atomic mass is 10.2. The highest BCUT2D eigenvalue weighted by molar-refractivity contribution is 6.28. The highest BCUT2D eigenvalue weighted by Crippen LogP contribution is 2.17. The summed E-state index contributed by atoms with van der Waals surface area (Å²) in [6.07, 6.45) is 4.23. The van der Waals surface area contributed by atoms with Crippen molar-refractivity contribution >= 4 is 17.4 Å². The summed E-state index contributed by atoms with van der Waals surface area (Å²) in [5, 5.41) is 3.61. The Balaban J connectivity index is 1.87. The topological polar surface area (TPSA) is 41.0 Å². The molecular formula is C11H17ClN4. The molecule has 1 aliphatic heterocycles. The summed E-state index contributed by atoms with van der Waals surface area (Å²) in [5.41, 5.74) is 0. The summed E-state index contributed by atoms with van der Waals surface area (Å²) >= 11 is 5.72. The Kier molecular flexibility index (Phi) is 3.96. The fourth-order valence-corrected chi connectivity index (χ4v) is 2.35.